The first kappa shape index (κ1) is 12.2. The summed E-state index contributed by atoms with van der Waals surface area (Å²) in [6.07, 6.45) is 1.38. The summed E-state index contributed by atoms with van der Waals surface area (Å²) in [5, 5.41) is 0. The molecule has 0 fully saturated rings. The highest BCUT2D eigenvalue weighted by Gasteiger charge is 2.07. The minimum Gasteiger partial charge on any atom is -0.438 e. The van der Waals surface area contributed by atoms with E-state index in [1.165, 1.54) is 6.33 Å². The number of nitrogen functional groups attached to an aromatic ring is 1. The van der Waals surface area contributed by atoms with Crippen LogP contribution < -0.4 is 10.5 Å². The van der Waals surface area contributed by atoms with Crippen LogP contribution in [-0.2, 0) is 0 Å². The van der Waals surface area contributed by atoms with Crippen LogP contribution >= 0.6 is 0 Å². The first-order valence-electron chi connectivity index (χ1n) is 6.23. The highest BCUT2D eigenvalue weighted by atomic mass is 16.5. The first-order chi connectivity index (χ1) is 9.83. The molecule has 1 heterocycles. The number of ether oxygens (including phenoxy) is 1. The predicted molar refractivity (Wildman–Crippen MR) is 78.4 cm³/mol. The Bertz CT molecular complexity index is 714. The molecule has 98 valence electrons. The Hall–Kier alpha value is -2.88. The highest BCUT2D eigenvalue weighted by molar-refractivity contribution is 5.70. The van der Waals surface area contributed by atoms with Gasteiger partial charge in [0.1, 0.15) is 17.9 Å². The molecule has 0 saturated heterocycles. The maximum absolute atomic E-state index is 5.81. The van der Waals surface area contributed by atoms with Gasteiger partial charge in [-0.3, -0.25) is 0 Å². The molecular formula is C16H13N3O. The summed E-state index contributed by atoms with van der Waals surface area (Å²) in [4.78, 5) is 7.91. The van der Waals surface area contributed by atoms with E-state index in [0.717, 1.165) is 16.9 Å². The molecule has 0 atom stereocenters. The zero-order chi connectivity index (χ0) is 13.8. The highest BCUT2D eigenvalue weighted by Crippen LogP contribution is 2.32. The lowest BCUT2D eigenvalue weighted by atomic mass is 10.1. The van der Waals surface area contributed by atoms with Crippen molar-refractivity contribution in [2.45, 2.75) is 0 Å². The Kier molecular flexibility index (Phi) is 3.29. The molecule has 2 N–H and O–H groups in total. The number of hydrogen-bond acceptors (Lipinski definition) is 4. The monoisotopic (exact) mass is 263 g/mol. The van der Waals surface area contributed by atoms with Crippen LogP contribution in [0.5, 0.6) is 11.6 Å². The van der Waals surface area contributed by atoms with Gasteiger partial charge in [-0.15, -0.1) is 0 Å². The van der Waals surface area contributed by atoms with E-state index < -0.39 is 0 Å². The van der Waals surface area contributed by atoms with Crippen LogP contribution in [0.4, 0.5) is 5.82 Å². The third-order valence-electron chi connectivity index (χ3n) is 2.85. The van der Waals surface area contributed by atoms with E-state index in [9.17, 15) is 0 Å². The van der Waals surface area contributed by atoms with Gasteiger partial charge >= 0.3 is 0 Å². The number of rotatable bonds is 3. The predicted octanol–water partition coefficient (Wildman–Crippen LogP) is 3.52. The van der Waals surface area contributed by atoms with Gasteiger partial charge in [0, 0.05) is 11.6 Å². The third-order valence-corrected chi connectivity index (χ3v) is 2.85. The van der Waals surface area contributed by atoms with Crippen LogP contribution in [0.25, 0.3) is 11.1 Å². The summed E-state index contributed by atoms with van der Waals surface area (Å²) in [6.45, 7) is 0. The van der Waals surface area contributed by atoms with Crippen molar-refractivity contribution in [3.05, 3.63) is 67.0 Å². The van der Waals surface area contributed by atoms with Crippen molar-refractivity contribution in [3.8, 4) is 22.8 Å². The molecule has 0 amide bonds. The molecule has 0 saturated carbocycles. The lowest BCUT2D eigenvalue weighted by Crippen LogP contribution is -1.94. The summed E-state index contributed by atoms with van der Waals surface area (Å²) in [7, 11) is 0. The fourth-order valence-electron chi connectivity index (χ4n) is 1.93. The second-order valence-corrected chi connectivity index (χ2v) is 4.25. The Morgan fingerprint density at radius 1 is 0.850 bits per heavy atom. The van der Waals surface area contributed by atoms with Gasteiger partial charge in [-0.25, -0.2) is 9.97 Å². The molecule has 20 heavy (non-hydrogen) atoms. The molecule has 0 unspecified atom stereocenters. The number of para-hydroxylation sites is 1. The molecule has 3 aromatic rings. The Balaban J connectivity index is 1.99. The van der Waals surface area contributed by atoms with Crippen LogP contribution in [0.3, 0.4) is 0 Å². The number of nitrogens with zero attached hydrogens (tertiary/aromatic N) is 2. The van der Waals surface area contributed by atoms with Crippen LogP contribution in [0.2, 0.25) is 0 Å². The van der Waals surface area contributed by atoms with Crippen molar-refractivity contribution in [3.63, 3.8) is 0 Å². The van der Waals surface area contributed by atoms with Gasteiger partial charge in [0.25, 0.3) is 0 Å². The standard InChI is InChI=1S/C16H13N3O/c17-15-10-16(19-11-18-15)20-14-9-5-4-8-13(14)12-6-2-1-3-7-12/h1-11H,(H2,17,18,19). The average Bonchev–Trinajstić information content (AvgIpc) is 2.49. The molecule has 3 rings (SSSR count). The minimum atomic E-state index is 0.382. The molecule has 0 aliphatic heterocycles. The van der Waals surface area contributed by atoms with E-state index in [-0.39, 0.29) is 0 Å². The number of benzene rings is 2. The molecule has 1 aromatic heterocycles. The van der Waals surface area contributed by atoms with E-state index >= 15 is 0 Å². The van der Waals surface area contributed by atoms with Crippen molar-refractivity contribution in [1.82, 2.24) is 9.97 Å². The minimum absolute atomic E-state index is 0.382. The molecular weight excluding hydrogens is 250 g/mol. The van der Waals surface area contributed by atoms with E-state index in [0.29, 0.717) is 11.7 Å². The fourth-order valence-corrected chi connectivity index (χ4v) is 1.93. The quantitative estimate of drug-likeness (QED) is 0.785. The van der Waals surface area contributed by atoms with E-state index in [1.807, 2.05) is 54.6 Å². The van der Waals surface area contributed by atoms with Crippen LogP contribution in [-0.4, -0.2) is 9.97 Å². The van der Waals surface area contributed by atoms with Gasteiger partial charge < -0.3 is 10.5 Å². The Morgan fingerprint density at radius 3 is 2.40 bits per heavy atom. The second-order valence-electron chi connectivity index (χ2n) is 4.25. The van der Waals surface area contributed by atoms with Crippen molar-refractivity contribution in [2.24, 2.45) is 0 Å². The van der Waals surface area contributed by atoms with Crippen LogP contribution in [0.1, 0.15) is 0 Å². The second kappa shape index (κ2) is 5.40. The summed E-state index contributed by atoms with van der Waals surface area (Å²) in [6, 6.07) is 19.5. The summed E-state index contributed by atoms with van der Waals surface area (Å²) < 4.78 is 5.81. The molecule has 0 aliphatic rings. The zero-order valence-electron chi connectivity index (χ0n) is 10.7. The topological polar surface area (TPSA) is 61.0 Å². The smallest absolute Gasteiger partial charge is 0.224 e. The van der Waals surface area contributed by atoms with Gasteiger partial charge in [-0.2, -0.15) is 0 Å². The lowest BCUT2D eigenvalue weighted by molar-refractivity contribution is 0.463. The van der Waals surface area contributed by atoms with Gasteiger partial charge in [-0.1, -0.05) is 48.5 Å². The first-order valence-corrected chi connectivity index (χ1v) is 6.23. The van der Waals surface area contributed by atoms with Gasteiger partial charge in [-0.05, 0) is 11.6 Å². The largest absolute Gasteiger partial charge is 0.438 e. The Labute approximate surface area is 116 Å². The SMILES string of the molecule is Nc1cc(Oc2ccccc2-c2ccccc2)ncn1. The Morgan fingerprint density at radius 2 is 1.60 bits per heavy atom. The van der Waals surface area contributed by atoms with Gasteiger partial charge in [0.15, 0.2) is 0 Å². The molecule has 0 radical (unpaired) electrons. The van der Waals surface area contributed by atoms with E-state index in [2.05, 4.69) is 9.97 Å². The van der Waals surface area contributed by atoms with Crippen LogP contribution in [0.15, 0.2) is 67.0 Å². The maximum atomic E-state index is 5.81. The van der Waals surface area contributed by atoms with Crippen molar-refractivity contribution in [2.75, 3.05) is 5.73 Å². The number of aromatic nitrogens is 2. The molecule has 4 nitrogen and oxygen atoms in total. The molecule has 0 bridgehead atoms. The van der Waals surface area contributed by atoms with Crippen molar-refractivity contribution < 1.29 is 4.74 Å². The lowest BCUT2D eigenvalue weighted by Gasteiger charge is -2.10. The number of anilines is 1. The van der Waals surface area contributed by atoms with Gasteiger partial charge in [0.05, 0.1) is 0 Å². The fraction of sp³-hybridized carbons (Fsp3) is 0. The normalized spacial score (nSPS) is 10.2. The third kappa shape index (κ3) is 2.59. The zero-order valence-corrected chi connectivity index (χ0v) is 10.7. The van der Waals surface area contributed by atoms with Crippen LogP contribution in [0, 0.1) is 0 Å². The molecule has 0 aliphatic carbocycles. The van der Waals surface area contributed by atoms with Crippen molar-refractivity contribution in [1.29, 1.82) is 0 Å². The molecule has 2 aromatic carbocycles. The number of hydrogen-bond donors (Lipinski definition) is 1. The molecule has 0 spiro atoms. The maximum Gasteiger partial charge on any atom is 0.224 e. The van der Waals surface area contributed by atoms with Crippen molar-refractivity contribution >= 4 is 5.82 Å². The van der Waals surface area contributed by atoms with E-state index in [4.69, 9.17) is 10.5 Å². The van der Waals surface area contributed by atoms with Gasteiger partial charge in [0.2, 0.25) is 5.88 Å². The summed E-state index contributed by atoms with van der Waals surface area (Å²) >= 11 is 0. The summed E-state index contributed by atoms with van der Waals surface area (Å²) in [5.74, 6) is 1.55. The molecule has 4 heteroatoms. The average molecular weight is 263 g/mol. The van der Waals surface area contributed by atoms with E-state index in [1.54, 1.807) is 6.07 Å². The number of nitrogens with two attached hydrogens (primary N) is 1. The summed E-state index contributed by atoms with van der Waals surface area (Å²) in [5.41, 5.74) is 7.72.